The molecule has 1 saturated heterocycles. The molecule has 0 spiro atoms. The Bertz CT molecular complexity index is 505. The maximum atomic E-state index is 12.0. The number of amides is 1. The summed E-state index contributed by atoms with van der Waals surface area (Å²) < 4.78 is 5.25. The van der Waals surface area contributed by atoms with Gasteiger partial charge in [-0.2, -0.15) is 5.26 Å². The first kappa shape index (κ1) is 13.1. The van der Waals surface area contributed by atoms with Crippen LogP contribution in [-0.4, -0.2) is 30.6 Å². The minimum atomic E-state index is -0.410. The van der Waals surface area contributed by atoms with Crippen LogP contribution in [0.1, 0.15) is 5.56 Å². The second-order valence-corrected chi connectivity index (χ2v) is 4.13. The molecule has 1 heterocycles. The standard InChI is InChI=1S/C14H15N3O2/c15-7-6-13-10-16-8-9-17(13)14(18)19-11-12-4-2-1-3-5-12/h1-6,16H,8-11H2/b13-6-. The Kier molecular flexibility index (Phi) is 4.54. The molecule has 5 nitrogen and oxygen atoms in total. The van der Waals surface area contributed by atoms with Crippen molar-refractivity contribution in [2.75, 3.05) is 19.6 Å². The number of hydrogen-bond donors (Lipinski definition) is 1. The van der Waals surface area contributed by atoms with Gasteiger partial charge in [-0.1, -0.05) is 30.3 Å². The van der Waals surface area contributed by atoms with E-state index in [1.807, 2.05) is 36.4 Å². The number of ether oxygens (including phenoxy) is 1. The number of nitrogens with one attached hydrogen (secondary N) is 1. The third-order valence-corrected chi connectivity index (χ3v) is 2.82. The van der Waals surface area contributed by atoms with Crippen LogP contribution in [0.15, 0.2) is 42.1 Å². The number of nitrogens with zero attached hydrogens (tertiary/aromatic N) is 2. The number of allylic oxidation sites excluding steroid dienone is 1. The summed E-state index contributed by atoms with van der Waals surface area (Å²) in [4.78, 5) is 13.5. The van der Waals surface area contributed by atoms with Crippen molar-refractivity contribution in [3.05, 3.63) is 47.7 Å². The fourth-order valence-corrected chi connectivity index (χ4v) is 1.86. The Balaban J connectivity index is 1.95. The third-order valence-electron chi connectivity index (χ3n) is 2.82. The molecule has 0 atom stereocenters. The van der Waals surface area contributed by atoms with Crippen molar-refractivity contribution in [1.82, 2.24) is 10.2 Å². The van der Waals surface area contributed by atoms with Gasteiger partial charge in [0.2, 0.25) is 0 Å². The van der Waals surface area contributed by atoms with Crippen LogP contribution < -0.4 is 5.32 Å². The Morgan fingerprint density at radius 1 is 1.47 bits per heavy atom. The van der Waals surface area contributed by atoms with Crippen molar-refractivity contribution < 1.29 is 9.53 Å². The maximum absolute atomic E-state index is 12.0. The van der Waals surface area contributed by atoms with Crippen molar-refractivity contribution in [2.24, 2.45) is 0 Å². The normalized spacial score (nSPS) is 17.0. The van der Waals surface area contributed by atoms with E-state index >= 15 is 0 Å². The van der Waals surface area contributed by atoms with Crippen molar-refractivity contribution in [3.63, 3.8) is 0 Å². The molecule has 1 fully saturated rings. The second-order valence-electron chi connectivity index (χ2n) is 4.13. The molecule has 1 aromatic carbocycles. The molecule has 19 heavy (non-hydrogen) atoms. The van der Waals surface area contributed by atoms with Gasteiger partial charge in [0.25, 0.3) is 0 Å². The number of benzene rings is 1. The predicted molar refractivity (Wildman–Crippen MR) is 69.9 cm³/mol. The van der Waals surface area contributed by atoms with Crippen LogP contribution in [-0.2, 0) is 11.3 Å². The van der Waals surface area contributed by atoms with Crippen LogP contribution in [0.4, 0.5) is 4.79 Å². The molecular formula is C14H15N3O2. The third kappa shape index (κ3) is 3.57. The van der Waals surface area contributed by atoms with Gasteiger partial charge in [-0.25, -0.2) is 4.79 Å². The summed E-state index contributed by atoms with van der Waals surface area (Å²) in [6, 6.07) is 11.5. The lowest BCUT2D eigenvalue weighted by atomic mass is 10.2. The van der Waals surface area contributed by atoms with Gasteiger partial charge in [0.15, 0.2) is 0 Å². The minimum absolute atomic E-state index is 0.240. The molecule has 1 aromatic rings. The predicted octanol–water partition coefficient (Wildman–Crippen LogP) is 1.64. The van der Waals surface area contributed by atoms with Gasteiger partial charge in [0, 0.05) is 31.4 Å². The summed E-state index contributed by atoms with van der Waals surface area (Å²) >= 11 is 0. The van der Waals surface area contributed by atoms with Crippen LogP contribution in [0.25, 0.3) is 0 Å². The summed E-state index contributed by atoms with van der Waals surface area (Å²) in [6.45, 7) is 1.96. The Morgan fingerprint density at radius 3 is 3.00 bits per heavy atom. The van der Waals surface area contributed by atoms with E-state index in [0.29, 0.717) is 25.3 Å². The van der Waals surface area contributed by atoms with Gasteiger partial charge in [0.05, 0.1) is 6.07 Å². The highest BCUT2D eigenvalue weighted by atomic mass is 16.6. The van der Waals surface area contributed by atoms with E-state index in [0.717, 1.165) is 5.56 Å². The zero-order chi connectivity index (χ0) is 13.5. The van der Waals surface area contributed by atoms with E-state index in [1.165, 1.54) is 11.0 Å². The number of carbonyl (C=O) groups excluding carboxylic acids is 1. The lowest BCUT2D eigenvalue weighted by Gasteiger charge is -2.28. The molecule has 1 aliphatic rings. The van der Waals surface area contributed by atoms with Crippen LogP contribution in [0.2, 0.25) is 0 Å². The molecule has 1 amide bonds. The SMILES string of the molecule is N#C/C=C1/CNCCN1C(=O)OCc1ccccc1. The number of rotatable bonds is 2. The van der Waals surface area contributed by atoms with Crippen LogP contribution in [0, 0.1) is 11.3 Å². The molecule has 1 aliphatic heterocycles. The topological polar surface area (TPSA) is 65.4 Å². The molecule has 0 bridgehead atoms. The van der Waals surface area contributed by atoms with Crippen LogP contribution in [0.3, 0.4) is 0 Å². The van der Waals surface area contributed by atoms with E-state index in [9.17, 15) is 4.79 Å². The van der Waals surface area contributed by atoms with Gasteiger partial charge in [-0.3, -0.25) is 4.90 Å². The van der Waals surface area contributed by atoms with Gasteiger partial charge in [0.1, 0.15) is 6.61 Å². The Morgan fingerprint density at radius 2 is 2.26 bits per heavy atom. The number of nitriles is 1. The van der Waals surface area contributed by atoms with Gasteiger partial charge >= 0.3 is 6.09 Å². The number of carbonyl (C=O) groups is 1. The largest absolute Gasteiger partial charge is 0.444 e. The average Bonchev–Trinajstić information content (AvgIpc) is 2.47. The highest BCUT2D eigenvalue weighted by Crippen LogP contribution is 2.10. The molecular weight excluding hydrogens is 242 g/mol. The Labute approximate surface area is 112 Å². The summed E-state index contributed by atoms with van der Waals surface area (Å²) in [5, 5.41) is 11.8. The lowest BCUT2D eigenvalue weighted by Crippen LogP contribution is -2.44. The summed E-state index contributed by atoms with van der Waals surface area (Å²) in [5.41, 5.74) is 1.59. The molecule has 0 radical (unpaired) electrons. The molecule has 2 rings (SSSR count). The summed E-state index contributed by atoms with van der Waals surface area (Å²) in [7, 11) is 0. The van der Waals surface area contributed by atoms with Gasteiger partial charge in [-0.05, 0) is 5.56 Å². The van der Waals surface area contributed by atoms with E-state index in [2.05, 4.69) is 5.32 Å². The summed E-state index contributed by atoms with van der Waals surface area (Å²) in [5.74, 6) is 0. The number of piperazine rings is 1. The minimum Gasteiger partial charge on any atom is -0.444 e. The van der Waals surface area contributed by atoms with Crippen molar-refractivity contribution in [1.29, 1.82) is 5.26 Å². The van der Waals surface area contributed by atoms with E-state index in [4.69, 9.17) is 10.00 Å². The highest BCUT2D eigenvalue weighted by Gasteiger charge is 2.22. The smallest absolute Gasteiger partial charge is 0.414 e. The van der Waals surface area contributed by atoms with Crippen LogP contribution in [0.5, 0.6) is 0 Å². The molecule has 0 unspecified atom stereocenters. The monoisotopic (exact) mass is 257 g/mol. The fraction of sp³-hybridized carbons (Fsp3) is 0.286. The quantitative estimate of drug-likeness (QED) is 0.818. The van der Waals surface area contributed by atoms with Crippen molar-refractivity contribution in [2.45, 2.75) is 6.61 Å². The van der Waals surface area contributed by atoms with Crippen molar-refractivity contribution in [3.8, 4) is 6.07 Å². The van der Waals surface area contributed by atoms with Gasteiger partial charge < -0.3 is 10.1 Å². The fourth-order valence-electron chi connectivity index (χ4n) is 1.86. The first-order valence-corrected chi connectivity index (χ1v) is 6.09. The lowest BCUT2D eigenvalue weighted by molar-refractivity contribution is 0.103. The zero-order valence-electron chi connectivity index (χ0n) is 10.5. The maximum Gasteiger partial charge on any atom is 0.414 e. The molecule has 1 N–H and O–H groups in total. The van der Waals surface area contributed by atoms with E-state index in [1.54, 1.807) is 0 Å². The average molecular weight is 257 g/mol. The molecule has 0 saturated carbocycles. The van der Waals surface area contributed by atoms with Crippen LogP contribution >= 0.6 is 0 Å². The first-order valence-electron chi connectivity index (χ1n) is 6.09. The van der Waals surface area contributed by atoms with E-state index < -0.39 is 6.09 Å². The molecule has 0 aliphatic carbocycles. The second kappa shape index (κ2) is 6.57. The first-order chi connectivity index (χ1) is 9.31. The zero-order valence-corrected chi connectivity index (χ0v) is 10.5. The van der Waals surface area contributed by atoms with Crippen molar-refractivity contribution >= 4 is 6.09 Å². The number of hydrogen-bond acceptors (Lipinski definition) is 4. The summed E-state index contributed by atoms with van der Waals surface area (Å²) in [6.07, 6.45) is 0.961. The Hall–Kier alpha value is -2.32. The van der Waals surface area contributed by atoms with E-state index in [-0.39, 0.29) is 6.61 Å². The molecule has 0 aromatic heterocycles. The van der Waals surface area contributed by atoms with Gasteiger partial charge in [-0.15, -0.1) is 0 Å². The molecule has 5 heteroatoms. The highest BCUT2D eigenvalue weighted by molar-refractivity contribution is 5.70. The molecule has 98 valence electrons.